The van der Waals surface area contributed by atoms with Crippen LogP contribution in [-0.2, 0) is 21.0 Å². The van der Waals surface area contributed by atoms with Crippen LogP contribution in [0.5, 0.6) is 0 Å². The highest BCUT2D eigenvalue weighted by Crippen LogP contribution is 2.35. The number of carbonyl (C=O) groups is 2. The van der Waals surface area contributed by atoms with Gasteiger partial charge in [0.25, 0.3) is 5.91 Å². The molecule has 2 heterocycles. The van der Waals surface area contributed by atoms with Crippen molar-refractivity contribution in [3.8, 4) is 0 Å². The molecule has 1 aliphatic heterocycles. The molecule has 0 aliphatic carbocycles. The Bertz CT molecular complexity index is 1630. The number of rotatable bonds is 6. The van der Waals surface area contributed by atoms with E-state index < -0.39 is 45.3 Å². The number of carbonyl (C=O) groups excluding carboxylic acids is 2. The Hall–Kier alpha value is -3.58. The molecule has 3 N–H and O–H groups in total. The number of aromatic nitrogens is 1. The maximum Gasteiger partial charge on any atom is 0.433 e. The summed E-state index contributed by atoms with van der Waals surface area (Å²) < 4.78 is 66.6. The summed E-state index contributed by atoms with van der Waals surface area (Å²) in [6.07, 6.45) is -3.41. The van der Waals surface area contributed by atoms with E-state index in [1.165, 1.54) is 42.5 Å². The minimum Gasteiger partial charge on any atom is -0.380 e. The first-order chi connectivity index (χ1) is 19.4. The van der Waals surface area contributed by atoms with Crippen molar-refractivity contribution in [2.24, 2.45) is 5.41 Å². The van der Waals surface area contributed by atoms with Gasteiger partial charge in [-0.05, 0) is 48.9 Å². The SMILES string of the molecule is CC(C)(C)C(=O)N1C[C@@H](NC(=O)c2cccc(NS(C)(=O)=O)c2)C[C@@H](Nc2cc(C(F)(F)F)nc3ccc(Cl)cc23)C1. The third kappa shape index (κ3) is 7.82. The van der Waals surface area contributed by atoms with Crippen molar-refractivity contribution in [1.82, 2.24) is 15.2 Å². The smallest absolute Gasteiger partial charge is 0.380 e. The van der Waals surface area contributed by atoms with Crippen LogP contribution in [0.2, 0.25) is 5.02 Å². The van der Waals surface area contributed by atoms with Crippen LogP contribution in [0, 0.1) is 5.41 Å². The van der Waals surface area contributed by atoms with E-state index in [9.17, 15) is 31.2 Å². The largest absolute Gasteiger partial charge is 0.433 e. The van der Waals surface area contributed by atoms with E-state index in [1.807, 2.05) is 0 Å². The first-order valence-electron chi connectivity index (χ1n) is 13.0. The van der Waals surface area contributed by atoms with Crippen LogP contribution < -0.4 is 15.4 Å². The maximum absolute atomic E-state index is 13.7. The molecule has 0 radical (unpaired) electrons. The lowest BCUT2D eigenvalue weighted by Crippen LogP contribution is -2.57. The number of anilines is 2. The Morgan fingerprint density at radius 3 is 2.36 bits per heavy atom. The summed E-state index contributed by atoms with van der Waals surface area (Å²) in [5.41, 5.74) is -1.18. The van der Waals surface area contributed by atoms with Gasteiger partial charge in [0.2, 0.25) is 15.9 Å². The van der Waals surface area contributed by atoms with E-state index in [4.69, 9.17) is 11.6 Å². The Kier molecular flexibility index (Phi) is 8.66. The third-order valence-electron chi connectivity index (χ3n) is 6.56. The van der Waals surface area contributed by atoms with Crippen LogP contribution in [0.15, 0.2) is 48.5 Å². The van der Waals surface area contributed by atoms with E-state index >= 15 is 0 Å². The normalized spacial score (nSPS) is 18.0. The highest BCUT2D eigenvalue weighted by molar-refractivity contribution is 7.92. The van der Waals surface area contributed by atoms with Crippen LogP contribution in [0.4, 0.5) is 24.5 Å². The van der Waals surface area contributed by atoms with E-state index in [-0.39, 0.29) is 47.9 Å². The van der Waals surface area contributed by atoms with Gasteiger partial charge in [0.15, 0.2) is 0 Å². The minimum atomic E-state index is -4.69. The summed E-state index contributed by atoms with van der Waals surface area (Å²) in [6, 6.07) is 10.1. The first kappa shape index (κ1) is 31.4. The molecule has 1 aliphatic rings. The van der Waals surface area contributed by atoms with Crippen LogP contribution in [-0.4, -0.2) is 61.5 Å². The molecule has 0 saturated carbocycles. The number of hydrogen-bond acceptors (Lipinski definition) is 6. The van der Waals surface area contributed by atoms with Gasteiger partial charge in [-0.2, -0.15) is 13.2 Å². The van der Waals surface area contributed by atoms with Crippen molar-refractivity contribution < 1.29 is 31.2 Å². The number of nitrogens with one attached hydrogen (secondary N) is 3. The molecular formula is C28H31ClF3N5O4S. The number of nitrogens with zero attached hydrogens (tertiary/aromatic N) is 2. The highest BCUT2D eigenvalue weighted by atomic mass is 35.5. The van der Waals surface area contributed by atoms with E-state index in [1.54, 1.807) is 25.7 Å². The number of fused-ring (bicyclic) bond motifs is 1. The molecule has 1 fully saturated rings. The number of likely N-dealkylation sites (tertiary alicyclic amines) is 1. The number of halogens is 4. The Balaban J connectivity index is 1.64. The number of sulfonamides is 1. The van der Waals surface area contributed by atoms with Crippen LogP contribution in [0.25, 0.3) is 10.9 Å². The van der Waals surface area contributed by atoms with Gasteiger partial charge in [0.1, 0.15) is 5.69 Å². The summed E-state index contributed by atoms with van der Waals surface area (Å²) in [6.45, 7) is 5.64. The predicted molar refractivity (Wildman–Crippen MR) is 156 cm³/mol. The number of amides is 2. The Morgan fingerprint density at radius 1 is 1.02 bits per heavy atom. The van der Waals surface area contributed by atoms with Crippen LogP contribution in [0.1, 0.15) is 43.2 Å². The van der Waals surface area contributed by atoms with Gasteiger partial charge in [0.05, 0.1) is 11.8 Å². The van der Waals surface area contributed by atoms with Crippen molar-refractivity contribution in [3.05, 3.63) is 64.8 Å². The lowest BCUT2D eigenvalue weighted by molar-refractivity contribution is -0.141. The maximum atomic E-state index is 13.7. The van der Waals surface area contributed by atoms with E-state index in [0.717, 1.165) is 12.3 Å². The molecule has 2 amide bonds. The lowest BCUT2D eigenvalue weighted by Gasteiger charge is -2.41. The van der Waals surface area contributed by atoms with Gasteiger partial charge in [0, 0.05) is 57.9 Å². The van der Waals surface area contributed by atoms with Crippen molar-refractivity contribution >= 4 is 55.7 Å². The summed E-state index contributed by atoms with van der Waals surface area (Å²) in [5.74, 6) is -0.687. The molecule has 0 spiro atoms. The zero-order chi connectivity index (χ0) is 31.0. The fourth-order valence-corrected chi connectivity index (χ4v) is 5.56. The van der Waals surface area contributed by atoms with Gasteiger partial charge in [-0.3, -0.25) is 14.3 Å². The topological polar surface area (TPSA) is 121 Å². The second kappa shape index (κ2) is 11.6. The van der Waals surface area contributed by atoms with Gasteiger partial charge in [-0.25, -0.2) is 13.4 Å². The predicted octanol–water partition coefficient (Wildman–Crippen LogP) is 5.14. The molecule has 0 unspecified atom stereocenters. The molecule has 2 aromatic carbocycles. The van der Waals surface area contributed by atoms with Gasteiger partial charge in [-0.1, -0.05) is 38.4 Å². The fraction of sp³-hybridized carbons (Fsp3) is 0.393. The molecular weight excluding hydrogens is 595 g/mol. The molecule has 4 rings (SSSR count). The number of hydrogen-bond donors (Lipinski definition) is 3. The molecule has 2 atom stereocenters. The monoisotopic (exact) mass is 625 g/mol. The number of pyridine rings is 1. The zero-order valence-corrected chi connectivity index (χ0v) is 24.9. The van der Waals surface area contributed by atoms with Gasteiger partial charge >= 0.3 is 6.18 Å². The number of benzene rings is 2. The van der Waals surface area contributed by atoms with E-state index in [0.29, 0.717) is 10.4 Å². The summed E-state index contributed by atoms with van der Waals surface area (Å²) in [5, 5.41) is 6.75. The average molecular weight is 626 g/mol. The summed E-state index contributed by atoms with van der Waals surface area (Å²) in [7, 11) is -3.56. The molecule has 1 saturated heterocycles. The van der Waals surface area contributed by atoms with Crippen molar-refractivity contribution in [2.45, 2.75) is 45.5 Å². The third-order valence-corrected chi connectivity index (χ3v) is 7.40. The molecule has 14 heteroatoms. The quantitative estimate of drug-likeness (QED) is 0.349. The highest BCUT2D eigenvalue weighted by Gasteiger charge is 2.37. The lowest BCUT2D eigenvalue weighted by atomic mass is 9.91. The van der Waals surface area contributed by atoms with Crippen molar-refractivity contribution in [2.75, 3.05) is 29.4 Å². The molecule has 42 heavy (non-hydrogen) atoms. The molecule has 3 aromatic rings. The zero-order valence-electron chi connectivity index (χ0n) is 23.3. The molecule has 9 nitrogen and oxygen atoms in total. The van der Waals surface area contributed by atoms with Gasteiger partial charge < -0.3 is 15.5 Å². The number of piperidine rings is 1. The minimum absolute atomic E-state index is 0.0996. The Labute approximate surface area is 246 Å². The van der Waals surface area contributed by atoms with E-state index in [2.05, 4.69) is 20.3 Å². The van der Waals surface area contributed by atoms with Crippen molar-refractivity contribution in [1.29, 1.82) is 0 Å². The Morgan fingerprint density at radius 2 is 1.71 bits per heavy atom. The van der Waals surface area contributed by atoms with Crippen molar-refractivity contribution in [3.63, 3.8) is 0 Å². The standard InChI is InChI=1S/C28H31ClF3N5O4S/c1-27(2,3)26(39)37-14-19(33-23-13-24(28(30,31)32)35-22-9-8-17(29)11-21(22)23)12-20(15-37)34-25(38)16-6-5-7-18(10-16)36-42(4,40)41/h5-11,13,19-20,36H,12,14-15H2,1-4H3,(H,33,35)(H,34,38)/t19-,20+/m1/s1. The average Bonchev–Trinajstić information content (AvgIpc) is 2.86. The van der Waals surface area contributed by atoms with Gasteiger partial charge in [-0.15, -0.1) is 0 Å². The molecule has 0 bridgehead atoms. The molecule has 226 valence electrons. The second-order valence-electron chi connectivity index (χ2n) is 11.4. The number of alkyl halides is 3. The van der Waals surface area contributed by atoms with Crippen LogP contribution >= 0.6 is 11.6 Å². The molecule has 1 aromatic heterocycles. The van der Waals surface area contributed by atoms with Crippen LogP contribution in [0.3, 0.4) is 0 Å². The summed E-state index contributed by atoms with van der Waals surface area (Å²) in [4.78, 5) is 31.8. The first-order valence-corrected chi connectivity index (χ1v) is 15.3. The second-order valence-corrected chi connectivity index (χ2v) is 13.6. The summed E-state index contributed by atoms with van der Waals surface area (Å²) >= 11 is 6.15. The fourth-order valence-electron chi connectivity index (χ4n) is 4.84.